The maximum Gasteiger partial charge on any atom is 0.150 e. The van der Waals surface area contributed by atoms with Crippen LogP contribution in [0, 0.1) is 16.7 Å². The van der Waals surface area contributed by atoms with Crippen LogP contribution in [0.5, 0.6) is 0 Å². The number of nitrogens with one attached hydrogen (secondary N) is 1. The molecule has 1 aliphatic heterocycles. The second-order valence-corrected chi connectivity index (χ2v) is 8.15. The summed E-state index contributed by atoms with van der Waals surface area (Å²) in [6.07, 6.45) is 0.846. The zero-order valence-corrected chi connectivity index (χ0v) is 11.8. The minimum Gasteiger partial charge on any atom is -0.383 e. The van der Waals surface area contributed by atoms with Gasteiger partial charge in [-0.3, -0.25) is 0 Å². The second-order valence-electron chi connectivity index (χ2n) is 5.97. The molecule has 2 rings (SSSR count). The lowest BCUT2D eigenvalue weighted by molar-refractivity contribution is 0.198. The molecule has 2 aliphatic rings. The van der Waals surface area contributed by atoms with Crippen LogP contribution in [0.1, 0.15) is 20.3 Å². The van der Waals surface area contributed by atoms with Crippen LogP contribution >= 0.6 is 0 Å². The van der Waals surface area contributed by atoms with Gasteiger partial charge in [0.1, 0.15) is 0 Å². The van der Waals surface area contributed by atoms with E-state index in [1.807, 2.05) is 0 Å². The van der Waals surface area contributed by atoms with Crippen LogP contribution < -0.4 is 5.32 Å². The Morgan fingerprint density at radius 1 is 1.41 bits per heavy atom. The molecule has 100 valence electrons. The molecule has 0 amide bonds. The number of hydrogen-bond acceptors (Lipinski definition) is 4. The molecule has 0 aromatic rings. The van der Waals surface area contributed by atoms with Crippen molar-refractivity contribution in [3.05, 3.63) is 0 Å². The lowest BCUT2D eigenvalue weighted by atomic mass is 9.96. The van der Waals surface area contributed by atoms with Gasteiger partial charge in [0.25, 0.3) is 0 Å². The van der Waals surface area contributed by atoms with E-state index >= 15 is 0 Å². The van der Waals surface area contributed by atoms with Crippen LogP contribution in [-0.2, 0) is 14.6 Å². The van der Waals surface area contributed by atoms with Gasteiger partial charge in [-0.2, -0.15) is 0 Å². The average Bonchev–Trinajstić information content (AvgIpc) is 2.54. The second kappa shape index (κ2) is 4.21. The Hall–Kier alpha value is -0.130. The predicted molar refractivity (Wildman–Crippen MR) is 67.7 cm³/mol. The molecule has 5 heteroatoms. The Morgan fingerprint density at radius 3 is 2.65 bits per heavy atom. The fraction of sp³-hybridized carbons (Fsp3) is 1.00. The van der Waals surface area contributed by atoms with E-state index in [2.05, 4.69) is 19.2 Å². The molecule has 2 atom stereocenters. The van der Waals surface area contributed by atoms with Gasteiger partial charge < -0.3 is 10.1 Å². The number of rotatable bonds is 5. The summed E-state index contributed by atoms with van der Waals surface area (Å²) in [7, 11) is -1.09. The highest BCUT2D eigenvalue weighted by atomic mass is 32.2. The summed E-state index contributed by atoms with van der Waals surface area (Å²) in [5.41, 5.74) is 0.211. The number of sulfone groups is 1. The van der Waals surface area contributed by atoms with Gasteiger partial charge in [-0.05, 0) is 29.7 Å². The van der Waals surface area contributed by atoms with Gasteiger partial charge in [0.05, 0.1) is 18.1 Å². The Balaban J connectivity index is 1.93. The minimum absolute atomic E-state index is 0.0475. The summed E-state index contributed by atoms with van der Waals surface area (Å²) in [5, 5.41) is 3.36. The van der Waals surface area contributed by atoms with Gasteiger partial charge >= 0.3 is 0 Å². The first-order valence-electron chi connectivity index (χ1n) is 6.26. The fourth-order valence-electron chi connectivity index (χ4n) is 3.59. The average molecular weight is 261 g/mol. The Morgan fingerprint density at radius 2 is 2.12 bits per heavy atom. The molecule has 2 fully saturated rings. The highest BCUT2D eigenvalue weighted by Gasteiger charge is 2.72. The van der Waals surface area contributed by atoms with Crippen molar-refractivity contribution in [3.8, 4) is 0 Å². The van der Waals surface area contributed by atoms with Gasteiger partial charge in [0.2, 0.25) is 0 Å². The van der Waals surface area contributed by atoms with Crippen LogP contribution in [0.2, 0.25) is 0 Å². The molecule has 0 aromatic heterocycles. The molecular formula is C12H23NO3S. The topological polar surface area (TPSA) is 55.4 Å². The summed E-state index contributed by atoms with van der Waals surface area (Å²) in [5.74, 6) is 1.26. The van der Waals surface area contributed by atoms with Crippen molar-refractivity contribution in [2.45, 2.75) is 20.3 Å². The monoisotopic (exact) mass is 261 g/mol. The van der Waals surface area contributed by atoms with Gasteiger partial charge in [-0.15, -0.1) is 0 Å². The number of hydrogen-bond donors (Lipinski definition) is 1. The predicted octanol–water partition coefficient (Wildman–Crippen LogP) is 0.683. The summed E-state index contributed by atoms with van der Waals surface area (Å²) < 4.78 is 28.3. The van der Waals surface area contributed by atoms with Crippen LogP contribution in [-0.4, -0.2) is 46.7 Å². The molecule has 0 aromatic carbocycles. The van der Waals surface area contributed by atoms with Crippen molar-refractivity contribution in [1.82, 2.24) is 5.32 Å². The highest BCUT2D eigenvalue weighted by Crippen LogP contribution is 2.72. The molecule has 0 radical (unpaired) electrons. The van der Waals surface area contributed by atoms with Crippen LogP contribution in [0.4, 0.5) is 0 Å². The van der Waals surface area contributed by atoms with Crippen LogP contribution in [0.15, 0.2) is 0 Å². The van der Waals surface area contributed by atoms with Crippen molar-refractivity contribution < 1.29 is 13.2 Å². The molecule has 0 bridgehead atoms. The van der Waals surface area contributed by atoms with Crippen molar-refractivity contribution in [2.75, 3.05) is 38.3 Å². The highest BCUT2D eigenvalue weighted by molar-refractivity contribution is 7.91. The Bertz CT molecular complexity index is 391. The third-order valence-corrected chi connectivity index (χ3v) is 6.69. The molecule has 17 heavy (non-hydrogen) atoms. The van der Waals surface area contributed by atoms with E-state index in [1.165, 1.54) is 0 Å². The minimum atomic E-state index is -2.78. The smallest absolute Gasteiger partial charge is 0.150 e. The molecule has 1 spiro atoms. The SMILES string of the molecule is COCCNCC1C(C)(C)C12CCS(=O)(=O)C2. The van der Waals surface area contributed by atoms with E-state index < -0.39 is 9.84 Å². The van der Waals surface area contributed by atoms with E-state index in [9.17, 15) is 8.42 Å². The lowest BCUT2D eigenvalue weighted by Crippen LogP contribution is -2.24. The largest absolute Gasteiger partial charge is 0.383 e. The summed E-state index contributed by atoms with van der Waals surface area (Å²) in [4.78, 5) is 0. The molecule has 1 saturated carbocycles. The first-order chi connectivity index (χ1) is 7.86. The van der Waals surface area contributed by atoms with Crippen LogP contribution in [0.3, 0.4) is 0 Å². The fourth-order valence-corrected chi connectivity index (χ4v) is 5.91. The van der Waals surface area contributed by atoms with E-state index in [4.69, 9.17) is 4.74 Å². The quantitative estimate of drug-likeness (QED) is 0.740. The van der Waals surface area contributed by atoms with E-state index in [0.717, 1.165) is 19.5 Å². The molecule has 1 aliphatic carbocycles. The maximum absolute atomic E-state index is 11.7. The summed E-state index contributed by atoms with van der Waals surface area (Å²) >= 11 is 0. The van der Waals surface area contributed by atoms with Gasteiger partial charge in [-0.25, -0.2) is 8.42 Å². The van der Waals surface area contributed by atoms with E-state index in [1.54, 1.807) is 7.11 Å². The Labute approximate surface area is 104 Å². The van der Waals surface area contributed by atoms with E-state index in [0.29, 0.717) is 24.0 Å². The number of ether oxygens (including phenoxy) is 1. The van der Waals surface area contributed by atoms with Crippen molar-refractivity contribution >= 4 is 9.84 Å². The number of methoxy groups -OCH3 is 1. The van der Waals surface area contributed by atoms with Crippen molar-refractivity contribution in [3.63, 3.8) is 0 Å². The van der Waals surface area contributed by atoms with Gasteiger partial charge in [0.15, 0.2) is 9.84 Å². The zero-order chi connectivity index (χ0) is 12.7. The molecular weight excluding hydrogens is 238 g/mol. The lowest BCUT2D eigenvalue weighted by Gasteiger charge is -2.09. The maximum atomic E-state index is 11.7. The zero-order valence-electron chi connectivity index (χ0n) is 11.0. The molecule has 1 heterocycles. The van der Waals surface area contributed by atoms with Crippen molar-refractivity contribution in [2.24, 2.45) is 16.7 Å². The summed E-state index contributed by atoms with van der Waals surface area (Å²) in [6, 6.07) is 0. The summed E-state index contributed by atoms with van der Waals surface area (Å²) in [6.45, 7) is 6.86. The molecule has 2 unspecified atom stereocenters. The van der Waals surface area contributed by atoms with Gasteiger partial charge in [-0.1, -0.05) is 13.8 Å². The standard InChI is InChI=1S/C12H23NO3S/c1-11(2)10(8-13-5-6-16-3)12(11)4-7-17(14,15)9-12/h10,13H,4-9H2,1-3H3. The first-order valence-corrected chi connectivity index (χ1v) is 8.08. The van der Waals surface area contributed by atoms with Gasteiger partial charge in [0, 0.05) is 13.7 Å². The molecule has 1 saturated heterocycles. The molecule has 1 N–H and O–H groups in total. The third-order valence-electron chi connectivity index (χ3n) is 4.91. The first kappa shape index (κ1) is 13.3. The van der Waals surface area contributed by atoms with Crippen molar-refractivity contribution in [1.29, 1.82) is 0 Å². The Kier molecular flexibility index (Phi) is 3.30. The third kappa shape index (κ3) is 2.13. The van der Waals surface area contributed by atoms with Crippen LogP contribution in [0.25, 0.3) is 0 Å². The molecule has 4 nitrogen and oxygen atoms in total. The normalized spacial score (nSPS) is 37.5. The van der Waals surface area contributed by atoms with E-state index in [-0.39, 0.29) is 10.8 Å².